The molecule has 0 aliphatic carbocycles. The van der Waals surface area contributed by atoms with Gasteiger partial charge in [-0.15, -0.1) is 0 Å². The summed E-state index contributed by atoms with van der Waals surface area (Å²) in [6.45, 7) is 5.67. The van der Waals surface area contributed by atoms with E-state index in [0.717, 1.165) is 0 Å². The van der Waals surface area contributed by atoms with E-state index in [-0.39, 0.29) is 28.2 Å². The number of nitrogens with one attached hydrogen (secondary N) is 1. The van der Waals surface area contributed by atoms with Crippen molar-refractivity contribution in [2.75, 3.05) is 12.3 Å². The molecule has 0 saturated heterocycles. The highest BCUT2D eigenvalue weighted by molar-refractivity contribution is 7.89. The minimum Gasteiger partial charge on any atom is -0.383 e. The zero-order valence-corrected chi connectivity index (χ0v) is 12.7. The topological polar surface area (TPSA) is 111 Å². The third-order valence-electron chi connectivity index (χ3n) is 3.20. The molecular formula is C11H19ClN4O2S. The largest absolute Gasteiger partial charge is 0.383 e. The third-order valence-corrected chi connectivity index (χ3v) is 5.05. The van der Waals surface area contributed by atoms with Crippen LogP contribution in [0.5, 0.6) is 0 Å². The molecule has 0 radical (unpaired) electrons. The molecule has 0 aliphatic heterocycles. The summed E-state index contributed by atoms with van der Waals surface area (Å²) in [5, 5.41) is 0.202. The Morgan fingerprint density at radius 2 is 2.11 bits per heavy atom. The van der Waals surface area contributed by atoms with Crippen molar-refractivity contribution in [3.05, 3.63) is 17.3 Å². The Hall–Kier alpha value is -0.890. The van der Waals surface area contributed by atoms with Gasteiger partial charge in [-0.3, -0.25) is 0 Å². The first kappa shape index (κ1) is 16.2. The number of aromatic nitrogens is 1. The van der Waals surface area contributed by atoms with Crippen molar-refractivity contribution in [3.8, 4) is 0 Å². The number of nitrogens with two attached hydrogens (primary N) is 2. The highest BCUT2D eigenvalue weighted by Gasteiger charge is 2.33. The zero-order valence-electron chi connectivity index (χ0n) is 11.1. The molecule has 8 heteroatoms. The van der Waals surface area contributed by atoms with Crippen LogP contribution in [0.2, 0.25) is 5.02 Å². The van der Waals surface area contributed by atoms with Gasteiger partial charge in [0.1, 0.15) is 10.7 Å². The fraction of sp³-hybridized carbons (Fsp3) is 0.545. The molecule has 1 aromatic heterocycles. The van der Waals surface area contributed by atoms with Crippen molar-refractivity contribution < 1.29 is 8.42 Å². The maximum Gasteiger partial charge on any atom is 0.244 e. The van der Waals surface area contributed by atoms with E-state index in [9.17, 15) is 8.42 Å². The Morgan fingerprint density at radius 1 is 1.53 bits per heavy atom. The normalized spacial score (nSPS) is 15.5. The molecule has 5 N–H and O–H groups in total. The van der Waals surface area contributed by atoms with Crippen LogP contribution < -0.4 is 16.2 Å². The predicted molar refractivity (Wildman–Crippen MR) is 76.3 cm³/mol. The van der Waals surface area contributed by atoms with Crippen LogP contribution >= 0.6 is 11.6 Å². The molecule has 19 heavy (non-hydrogen) atoms. The lowest BCUT2D eigenvalue weighted by molar-refractivity contribution is 0.315. The number of pyridine rings is 1. The average molecular weight is 307 g/mol. The molecule has 0 aromatic carbocycles. The molecule has 1 aromatic rings. The van der Waals surface area contributed by atoms with Crippen molar-refractivity contribution in [2.24, 2.45) is 11.7 Å². The van der Waals surface area contributed by atoms with Gasteiger partial charge >= 0.3 is 0 Å². The second kappa shape index (κ2) is 5.62. The smallest absolute Gasteiger partial charge is 0.244 e. The number of halogens is 1. The number of hydrogen-bond donors (Lipinski definition) is 3. The number of nitrogen functional groups attached to an aromatic ring is 1. The molecule has 0 spiro atoms. The van der Waals surface area contributed by atoms with E-state index < -0.39 is 15.6 Å². The summed E-state index contributed by atoms with van der Waals surface area (Å²) in [4.78, 5) is 3.60. The molecule has 1 heterocycles. The second-order valence-electron chi connectivity index (χ2n) is 4.92. The molecule has 1 atom stereocenters. The average Bonchev–Trinajstić information content (AvgIpc) is 2.31. The molecule has 1 unspecified atom stereocenters. The number of anilines is 1. The van der Waals surface area contributed by atoms with Gasteiger partial charge in [0.05, 0.1) is 5.02 Å². The monoisotopic (exact) mass is 306 g/mol. The first-order valence-corrected chi connectivity index (χ1v) is 7.63. The Morgan fingerprint density at radius 3 is 2.58 bits per heavy atom. The number of hydrogen-bond acceptors (Lipinski definition) is 5. The van der Waals surface area contributed by atoms with Crippen molar-refractivity contribution in [2.45, 2.75) is 31.2 Å². The van der Waals surface area contributed by atoms with Crippen LogP contribution in [0.4, 0.5) is 5.82 Å². The molecular weight excluding hydrogens is 288 g/mol. The summed E-state index contributed by atoms with van der Waals surface area (Å²) < 4.78 is 27.2. The summed E-state index contributed by atoms with van der Waals surface area (Å²) in [5.41, 5.74) is 10.5. The number of sulfonamides is 1. The zero-order chi connectivity index (χ0) is 14.8. The lowest BCUT2D eigenvalue weighted by Crippen LogP contribution is -2.54. The van der Waals surface area contributed by atoms with Gasteiger partial charge in [0.15, 0.2) is 0 Å². The van der Waals surface area contributed by atoms with Gasteiger partial charge in [0.25, 0.3) is 0 Å². The van der Waals surface area contributed by atoms with E-state index >= 15 is 0 Å². The van der Waals surface area contributed by atoms with Crippen molar-refractivity contribution in [3.63, 3.8) is 0 Å². The SMILES string of the molecule is CC(C)C(C)(CN)NS(=O)(=O)c1cc(Cl)cnc1N. The number of nitrogens with zero attached hydrogens (tertiary/aromatic N) is 1. The van der Waals surface area contributed by atoms with Gasteiger partial charge in [-0.2, -0.15) is 0 Å². The first-order valence-electron chi connectivity index (χ1n) is 5.77. The number of rotatable bonds is 5. The first-order chi connectivity index (χ1) is 8.62. The van der Waals surface area contributed by atoms with Crippen LogP contribution in [-0.2, 0) is 10.0 Å². The van der Waals surface area contributed by atoms with Crippen molar-refractivity contribution in [1.29, 1.82) is 0 Å². The lowest BCUT2D eigenvalue weighted by atomic mass is 9.90. The fourth-order valence-electron chi connectivity index (χ4n) is 1.40. The molecule has 0 saturated carbocycles. The lowest BCUT2D eigenvalue weighted by Gasteiger charge is -2.33. The molecule has 108 valence electrons. The molecule has 6 nitrogen and oxygen atoms in total. The van der Waals surface area contributed by atoms with Crippen molar-refractivity contribution in [1.82, 2.24) is 9.71 Å². The van der Waals surface area contributed by atoms with E-state index in [0.29, 0.717) is 0 Å². The molecule has 0 amide bonds. The van der Waals surface area contributed by atoms with Gasteiger partial charge in [0.2, 0.25) is 10.0 Å². The standard InChI is InChI=1S/C11H19ClN4O2S/c1-7(2)11(3,6-13)16-19(17,18)9-4-8(12)5-15-10(9)14/h4-5,7,16H,6,13H2,1-3H3,(H2,14,15). The van der Waals surface area contributed by atoms with Crippen LogP contribution in [0.15, 0.2) is 17.2 Å². The quantitative estimate of drug-likeness (QED) is 0.750. The van der Waals surface area contributed by atoms with Crippen LogP contribution in [0.25, 0.3) is 0 Å². The summed E-state index contributed by atoms with van der Waals surface area (Å²) >= 11 is 5.76. The van der Waals surface area contributed by atoms with Crippen LogP contribution in [0, 0.1) is 5.92 Å². The summed E-state index contributed by atoms with van der Waals surface area (Å²) in [5.74, 6) is -0.0827. The summed E-state index contributed by atoms with van der Waals surface area (Å²) in [6.07, 6.45) is 1.29. The maximum atomic E-state index is 12.3. The Kier molecular flexibility index (Phi) is 4.78. The van der Waals surface area contributed by atoms with Crippen LogP contribution in [-0.4, -0.2) is 25.5 Å². The van der Waals surface area contributed by atoms with Gasteiger partial charge in [0, 0.05) is 18.3 Å². The Balaban J connectivity index is 3.22. The highest BCUT2D eigenvalue weighted by atomic mass is 35.5. The van der Waals surface area contributed by atoms with E-state index in [1.807, 2.05) is 13.8 Å². The van der Waals surface area contributed by atoms with E-state index in [2.05, 4.69) is 9.71 Å². The molecule has 1 rings (SSSR count). The summed E-state index contributed by atoms with van der Waals surface area (Å²) in [7, 11) is -3.83. The van der Waals surface area contributed by atoms with Crippen LogP contribution in [0.3, 0.4) is 0 Å². The van der Waals surface area contributed by atoms with Gasteiger partial charge in [-0.25, -0.2) is 18.1 Å². The molecule has 0 bridgehead atoms. The third kappa shape index (κ3) is 3.56. The Bertz CT molecular complexity index is 562. The van der Waals surface area contributed by atoms with Gasteiger partial charge < -0.3 is 11.5 Å². The van der Waals surface area contributed by atoms with Crippen LogP contribution in [0.1, 0.15) is 20.8 Å². The van der Waals surface area contributed by atoms with E-state index in [1.54, 1.807) is 6.92 Å². The fourth-order valence-corrected chi connectivity index (χ4v) is 3.28. The van der Waals surface area contributed by atoms with E-state index in [1.165, 1.54) is 12.3 Å². The van der Waals surface area contributed by atoms with Crippen molar-refractivity contribution >= 4 is 27.4 Å². The minimum atomic E-state index is -3.83. The predicted octanol–water partition coefficient (Wildman–Crippen LogP) is 0.969. The highest BCUT2D eigenvalue weighted by Crippen LogP contribution is 2.24. The molecule has 0 aliphatic rings. The van der Waals surface area contributed by atoms with E-state index in [4.69, 9.17) is 23.1 Å². The maximum absolute atomic E-state index is 12.3. The molecule has 0 fully saturated rings. The second-order valence-corrected chi connectivity index (χ2v) is 7.01. The van der Waals surface area contributed by atoms with Gasteiger partial charge in [-0.1, -0.05) is 25.4 Å². The minimum absolute atomic E-state index is 0.0145. The summed E-state index contributed by atoms with van der Waals surface area (Å²) in [6, 6.07) is 1.27. The van der Waals surface area contributed by atoms with Gasteiger partial charge in [-0.05, 0) is 18.9 Å². The Labute approximate surface area is 118 Å².